The molecule has 0 aromatic heterocycles. The summed E-state index contributed by atoms with van der Waals surface area (Å²) in [6.07, 6.45) is 2.51. The number of likely N-dealkylation sites (tertiary alicyclic amines) is 1. The van der Waals surface area contributed by atoms with Gasteiger partial charge in [-0.05, 0) is 33.1 Å². The first kappa shape index (κ1) is 22.2. The first-order valence-corrected chi connectivity index (χ1v) is 8.16. The molecule has 0 unspecified atom stereocenters. The summed E-state index contributed by atoms with van der Waals surface area (Å²) < 4.78 is 10.1. The maximum Gasteiger partial charge on any atom is 0.409 e. The van der Waals surface area contributed by atoms with E-state index in [1.807, 2.05) is 6.92 Å². The zero-order valence-electron chi connectivity index (χ0n) is 14.5. The Kier molecular flexibility index (Phi) is 13.2. The fourth-order valence-electron chi connectivity index (χ4n) is 2.33. The van der Waals surface area contributed by atoms with E-state index in [-0.39, 0.29) is 30.1 Å². The van der Waals surface area contributed by atoms with Gasteiger partial charge < -0.3 is 25.0 Å². The molecule has 0 saturated carbocycles. The van der Waals surface area contributed by atoms with Gasteiger partial charge in [0.15, 0.2) is 5.96 Å². The number of nitrogens with one attached hydrogen (secondary N) is 2. The largest absolute Gasteiger partial charge is 0.450 e. The van der Waals surface area contributed by atoms with Crippen LogP contribution in [0.15, 0.2) is 4.99 Å². The molecule has 2 N–H and O–H groups in total. The quantitative estimate of drug-likeness (QED) is 0.272. The maximum atomic E-state index is 11.7. The van der Waals surface area contributed by atoms with Crippen LogP contribution < -0.4 is 10.6 Å². The number of methoxy groups -OCH3 is 1. The second kappa shape index (κ2) is 13.6. The van der Waals surface area contributed by atoms with Gasteiger partial charge in [0.05, 0.1) is 6.61 Å². The zero-order valence-corrected chi connectivity index (χ0v) is 16.8. The van der Waals surface area contributed by atoms with Crippen LogP contribution >= 0.6 is 24.0 Å². The molecule has 1 rings (SSSR count). The van der Waals surface area contributed by atoms with Gasteiger partial charge in [0.25, 0.3) is 0 Å². The van der Waals surface area contributed by atoms with Crippen molar-refractivity contribution in [2.75, 3.05) is 46.5 Å². The molecule has 1 fully saturated rings. The fraction of sp³-hybridized carbons (Fsp3) is 0.867. The number of halogens is 1. The summed E-state index contributed by atoms with van der Waals surface area (Å²) >= 11 is 0. The molecule has 0 bridgehead atoms. The average Bonchev–Trinajstić information content (AvgIpc) is 2.52. The van der Waals surface area contributed by atoms with Gasteiger partial charge in [-0.2, -0.15) is 0 Å². The molecule has 0 aromatic carbocycles. The molecule has 23 heavy (non-hydrogen) atoms. The first-order valence-electron chi connectivity index (χ1n) is 8.16. The number of hydrogen-bond acceptors (Lipinski definition) is 4. The van der Waals surface area contributed by atoms with Gasteiger partial charge in [0.2, 0.25) is 0 Å². The van der Waals surface area contributed by atoms with E-state index < -0.39 is 0 Å². The first-order chi connectivity index (χ1) is 10.7. The highest BCUT2D eigenvalue weighted by Gasteiger charge is 2.23. The Hall–Kier alpha value is -0.770. The predicted octanol–water partition coefficient (Wildman–Crippen LogP) is 1.82. The third-order valence-corrected chi connectivity index (χ3v) is 3.48. The highest BCUT2D eigenvalue weighted by atomic mass is 127. The van der Waals surface area contributed by atoms with Crippen LogP contribution in [0.1, 0.15) is 33.1 Å². The van der Waals surface area contributed by atoms with Gasteiger partial charge in [-0.1, -0.05) is 0 Å². The molecular formula is C15H31IN4O3. The van der Waals surface area contributed by atoms with Crippen LogP contribution in [0.5, 0.6) is 0 Å². The van der Waals surface area contributed by atoms with E-state index in [0.29, 0.717) is 12.6 Å². The zero-order chi connectivity index (χ0) is 16.2. The highest BCUT2D eigenvalue weighted by Crippen LogP contribution is 2.11. The second-order valence-corrected chi connectivity index (χ2v) is 5.21. The third-order valence-electron chi connectivity index (χ3n) is 3.48. The van der Waals surface area contributed by atoms with Gasteiger partial charge in [-0.15, -0.1) is 24.0 Å². The van der Waals surface area contributed by atoms with Crippen LogP contribution in [-0.2, 0) is 9.47 Å². The molecule has 1 saturated heterocycles. The number of hydrogen-bond donors (Lipinski definition) is 2. The van der Waals surface area contributed by atoms with Crippen LogP contribution in [0, 0.1) is 0 Å². The molecule has 0 spiro atoms. The number of carbonyl (C=O) groups is 1. The normalized spacial score (nSPS) is 15.8. The molecule has 1 aliphatic rings. The molecule has 136 valence electrons. The summed E-state index contributed by atoms with van der Waals surface area (Å²) in [5.41, 5.74) is 0. The molecule has 1 amide bonds. The smallest absolute Gasteiger partial charge is 0.409 e. The van der Waals surface area contributed by atoms with E-state index >= 15 is 0 Å². The molecule has 0 atom stereocenters. The van der Waals surface area contributed by atoms with Crippen LogP contribution in [0.2, 0.25) is 0 Å². The van der Waals surface area contributed by atoms with Gasteiger partial charge >= 0.3 is 6.09 Å². The fourth-order valence-corrected chi connectivity index (χ4v) is 2.33. The monoisotopic (exact) mass is 442 g/mol. The van der Waals surface area contributed by atoms with Crippen molar-refractivity contribution < 1.29 is 14.3 Å². The summed E-state index contributed by atoms with van der Waals surface area (Å²) in [5, 5.41) is 6.70. The van der Waals surface area contributed by atoms with Gasteiger partial charge in [0, 0.05) is 45.9 Å². The number of aliphatic imine (C=N–C) groups is 1. The lowest BCUT2D eigenvalue weighted by Gasteiger charge is -2.32. The van der Waals surface area contributed by atoms with Crippen molar-refractivity contribution in [3.63, 3.8) is 0 Å². The van der Waals surface area contributed by atoms with Crippen molar-refractivity contribution >= 4 is 36.0 Å². The Bertz CT molecular complexity index is 348. The minimum atomic E-state index is -0.207. The summed E-state index contributed by atoms with van der Waals surface area (Å²) in [7, 11) is 1.70. The van der Waals surface area contributed by atoms with Crippen molar-refractivity contribution in [3.8, 4) is 0 Å². The van der Waals surface area contributed by atoms with E-state index in [4.69, 9.17) is 9.47 Å². The Morgan fingerprint density at radius 1 is 1.30 bits per heavy atom. The van der Waals surface area contributed by atoms with Crippen LogP contribution in [0.3, 0.4) is 0 Å². The molecule has 8 heteroatoms. The van der Waals surface area contributed by atoms with Crippen LogP contribution in [-0.4, -0.2) is 69.5 Å². The number of amides is 1. The number of ether oxygens (including phenoxy) is 2. The second-order valence-electron chi connectivity index (χ2n) is 5.21. The average molecular weight is 442 g/mol. The Balaban J connectivity index is 0.00000484. The summed E-state index contributed by atoms with van der Waals surface area (Å²) in [5.74, 6) is 0.841. The minimum absolute atomic E-state index is 0. The SMILES string of the molecule is CCNC(=NCCCOC)NC1CCN(C(=O)OCC)CC1.I. The summed E-state index contributed by atoms with van der Waals surface area (Å²) in [4.78, 5) is 18.0. The van der Waals surface area contributed by atoms with E-state index in [1.165, 1.54) is 0 Å². The Labute approximate surface area is 156 Å². The standard InChI is InChI=1S/C15H30N4O3.HI/c1-4-16-14(17-9-6-12-21-3)18-13-7-10-19(11-8-13)15(20)22-5-2;/h13H,4-12H2,1-3H3,(H2,16,17,18);1H. The van der Waals surface area contributed by atoms with E-state index in [2.05, 4.69) is 22.5 Å². The van der Waals surface area contributed by atoms with Gasteiger partial charge in [0.1, 0.15) is 0 Å². The molecule has 0 aliphatic carbocycles. The van der Waals surface area contributed by atoms with Crippen molar-refractivity contribution in [3.05, 3.63) is 0 Å². The summed E-state index contributed by atoms with van der Waals surface area (Å²) in [6, 6.07) is 0.339. The molecule has 1 aliphatic heterocycles. The lowest BCUT2D eigenvalue weighted by atomic mass is 10.1. The third kappa shape index (κ3) is 9.19. The van der Waals surface area contributed by atoms with E-state index in [9.17, 15) is 4.79 Å². The number of piperidine rings is 1. The Morgan fingerprint density at radius 2 is 2.00 bits per heavy atom. The van der Waals surface area contributed by atoms with Crippen molar-refractivity contribution in [1.82, 2.24) is 15.5 Å². The van der Waals surface area contributed by atoms with Crippen molar-refractivity contribution in [1.29, 1.82) is 0 Å². The molecule has 0 aromatic rings. The number of nitrogens with zero attached hydrogens (tertiary/aromatic N) is 2. The van der Waals surface area contributed by atoms with Crippen molar-refractivity contribution in [2.24, 2.45) is 4.99 Å². The highest BCUT2D eigenvalue weighted by molar-refractivity contribution is 14.0. The molecule has 1 heterocycles. The minimum Gasteiger partial charge on any atom is -0.450 e. The maximum absolute atomic E-state index is 11.7. The predicted molar refractivity (Wildman–Crippen MR) is 103 cm³/mol. The van der Waals surface area contributed by atoms with Gasteiger partial charge in [-0.3, -0.25) is 4.99 Å². The van der Waals surface area contributed by atoms with Crippen LogP contribution in [0.25, 0.3) is 0 Å². The van der Waals surface area contributed by atoms with Crippen molar-refractivity contribution in [2.45, 2.75) is 39.2 Å². The number of rotatable bonds is 7. The van der Waals surface area contributed by atoms with Crippen LogP contribution in [0.4, 0.5) is 4.79 Å². The Morgan fingerprint density at radius 3 is 2.57 bits per heavy atom. The van der Waals surface area contributed by atoms with Gasteiger partial charge in [-0.25, -0.2) is 4.79 Å². The topological polar surface area (TPSA) is 75.2 Å². The molecule has 0 radical (unpaired) electrons. The van der Waals surface area contributed by atoms with E-state index in [0.717, 1.165) is 58.0 Å². The van der Waals surface area contributed by atoms with E-state index in [1.54, 1.807) is 12.0 Å². The lowest BCUT2D eigenvalue weighted by Crippen LogP contribution is -2.49. The molecule has 7 nitrogen and oxygen atoms in total. The number of guanidine groups is 1. The lowest BCUT2D eigenvalue weighted by molar-refractivity contribution is 0.0963. The molecular weight excluding hydrogens is 411 g/mol. The summed E-state index contributed by atoms with van der Waals surface area (Å²) in [6.45, 7) is 8.04. The number of carbonyl (C=O) groups excluding carboxylic acids is 1.